The van der Waals surface area contributed by atoms with Crippen molar-refractivity contribution in [3.05, 3.63) is 0 Å². The molecule has 0 saturated heterocycles. The van der Waals surface area contributed by atoms with E-state index >= 15 is 0 Å². The van der Waals surface area contributed by atoms with Gasteiger partial charge in [0.25, 0.3) is 0 Å². The average Bonchev–Trinajstić information content (AvgIpc) is 1.68. The van der Waals surface area contributed by atoms with Crippen LogP contribution in [0.3, 0.4) is 0 Å². The number of halogens is 2. The molecule has 2 N–H and O–H groups in total. The molecule has 0 fully saturated rings. The molecular formula is C4H9Cl2N. The molecule has 0 rings (SSSR count). The molecule has 0 aliphatic heterocycles. The van der Waals surface area contributed by atoms with Crippen molar-refractivity contribution in [2.24, 2.45) is 5.73 Å². The van der Waals surface area contributed by atoms with Crippen molar-refractivity contribution in [3.8, 4) is 0 Å². The first-order chi connectivity index (χ1) is 3.31. The molecular weight excluding hydrogens is 133 g/mol. The van der Waals surface area contributed by atoms with Crippen LogP contribution < -0.4 is 5.73 Å². The van der Waals surface area contributed by atoms with Gasteiger partial charge in [-0.2, -0.15) is 0 Å². The molecule has 3 heteroatoms. The molecule has 0 aromatic rings. The first-order valence-electron chi connectivity index (χ1n) is 2.21. The molecule has 1 unspecified atom stereocenters. The Morgan fingerprint density at radius 3 is 2.29 bits per heavy atom. The van der Waals surface area contributed by atoms with Crippen molar-refractivity contribution in [2.75, 3.05) is 12.4 Å². The number of rotatable bonds is 3. The van der Waals surface area contributed by atoms with Gasteiger partial charge in [0.15, 0.2) is 0 Å². The summed E-state index contributed by atoms with van der Waals surface area (Å²) in [6, 6.07) is 0. The largest absolute Gasteiger partial charge is 0.330 e. The zero-order chi connectivity index (χ0) is 5.70. The molecule has 0 aromatic heterocycles. The van der Waals surface area contributed by atoms with Crippen molar-refractivity contribution >= 4 is 23.2 Å². The zero-order valence-corrected chi connectivity index (χ0v) is 5.54. The highest BCUT2D eigenvalue weighted by Gasteiger charge is 1.97. The predicted molar refractivity (Wildman–Crippen MR) is 34.0 cm³/mol. The summed E-state index contributed by atoms with van der Waals surface area (Å²) in [5.74, 6) is 0.499. The highest BCUT2D eigenvalue weighted by molar-refractivity contribution is 6.28. The summed E-state index contributed by atoms with van der Waals surface area (Å²) in [6.07, 6.45) is 0.811. The molecule has 0 aromatic carbocycles. The van der Waals surface area contributed by atoms with E-state index < -0.39 is 0 Å². The fourth-order valence-corrected chi connectivity index (χ4v) is 0.538. The Labute approximate surface area is 53.8 Å². The molecule has 0 amide bonds. The van der Waals surface area contributed by atoms with Crippen LogP contribution >= 0.6 is 23.2 Å². The molecule has 44 valence electrons. The van der Waals surface area contributed by atoms with E-state index in [0.717, 1.165) is 6.42 Å². The van der Waals surface area contributed by atoms with E-state index in [2.05, 4.69) is 0 Å². The Hall–Kier alpha value is 0.540. The minimum Gasteiger partial charge on any atom is -0.330 e. The maximum absolute atomic E-state index is 5.55. The smallest absolute Gasteiger partial charge is 0.0483 e. The van der Waals surface area contributed by atoms with Gasteiger partial charge in [0.1, 0.15) is 0 Å². The molecule has 1 nitrogen and oxygen atoms in total. The van der Waals surface area contributed by atoms with Gasteiger partial charge in [-0.1, -0.05) is 0 Å². The predicted octanol–water partition coefficient (Wildman–Crippen LogP) is 1.18. The number of hydrogen-bond donors (Lipinski definition) is 1. The molecule has 0 aliphatic rings. The van der Waals surface area contributed by atoms with Crippen molar-refractivity contribution in [3.63, 3.8) is 0 Å². The summed E-state index contributed by atoms with van der Waals surface area (Å²) < 4.78 is 0. The van der Waals surface area contributed by atoms with E-state index in [-0.39, 0.29) is 5.38 Å². The van der Waals surface area contributed by atoms with Gasteiger partial charge in [0, 0.05) is 11.3 Å². The molecule has 0 aliphatic carbocycles. The number of hydrogen-bond acceptors (Lipinski definition) is 1. The lowest BCUT2D eigenvalue weighted by Gasteiger charge is -1.98. The second-order valence-electron chi connectivity index (χ2n) is 1.33. The summed E-state index contributed by atoms with van der Waals surface area (Å²) in [5, 5.41) is 0.0617. The monoisotopic (exact) mass is 141 g/mol. The normalized spacial score (nSPS) is 14.1. The van der Waals surface area contributed by atoms with E-state index in [1.807, 2.05) is 0 Å². The Balaban J connectivity index is 2.83. The summed E-state index contributed by atoms with van der Waals surface area (Å²) in [6.45, 7) is 0.626. The molecule has 0 bridgehead atoms. The minimum atomic E-state index is 0.0617. The summed E-state index contributed by atoms with van der Waals surface area (Å²) in [4.78, 5) is 0. The molecule has 7 heavy (non-hydrogen) atoms. The van der Waals surface area contributed by atoms with Gasteiger partial charge in [0.05, 0.1) is 0 Å². The SMILES string of the molecule is NCCC(Cl)CCl. The Morgan fingerprint density at radius 2 is 2.14 bits per heavy atom. The Morgan fingerprint density at radius 1 is 1.57 bits per heavy atom. The highest BCUT2D eigenvalue weighted by atomic mass is 35.5. The van der Waals surface area contributed by atoms with Gasteiger partial charge >= 0.3 is 0 Å². The van der Waals surface area contributed by atoms with Crippen LogP contribution in [0.15, 0.2) is 0 Å². The zero-order valence-electron chi connectivity index (χ0n) is 4.03. The Kier molecular flexibility index (Phi) is 5.05. The molecule has 0 radical (unpaired) electrons. The first kappa shape index (κ1) is 7.54. The van der Waals surface area contributed by atoms with Crippen LogP contribution in [0.25, 0.3) is 0 Å². The van der Waals surface area contributed by atoms with Gasteiger partial charge in [-0.3, -0.25) is 0 Å². The Bertz CT molecular complexity index is 40.7. The minimum absolute atomic E-state index is 0.0617. The summed E-state index contributed by atoms with van der Waals surface area (Å²) in [7, 11) is 0. The van der Waals surface area contributed by atoms with Crippen molar-refractivity contribution in [2.45, 2.75) is 11.8 Å². The number of nitrogens with two attached hydrogens (primary N) is 1. The van der Waals surface area contributed by atoms with Crippen LogP contribution in [-0.4, -0.2) is 17.8 Å². The van der Waals surface area contributed by atoms with Gasteiger partial charge in [0.2, 0.25) is 0 Å². The molecule has 0 spiro atoms. The van der Waals surface area contributed by atoms with Crippen LogP contribution in [-0.2, 0) is 0 Å². The lowest BCUT2D eigenvalue weighted by molar-refractivity contribution is 0.819. The quantitative estimate of drug-likeness (QED) is 0.588. The fourth-order valence-electron chi connectivity index (χ4n) is 0.258. The topological polar surface area (TPSA) is 26.0 Å². The van der Waals surface area contributed by atoms with E-state index in [1.165, 1.54) is 0 Å². The maximum atomic E-state index is 5.55. The standard InChI is InChI=1S/C4H9Cl2N/c5-3-4(6)1-2-7/h4H,1-3,7H2. The van der Waals surface area contributed by atoms with Gasteiger partial charge < -0.3 is 5.73 Å². The third-order valence-corrected chi connectivity index (χ3v) is 1.55. The highest BCUT2D eigenvalue weighted by Crippen LogP contribution is 2.01. The van der Waals surface area contributed by atoms with E-state index in [0.29, 0.717) is 12.4 Å². The van der Waals surface area contributed by atoms with Gasteiger partial charge in [-0.25, -0.2) is 0 Å². The van der Waals surface area contributed by atoms with Crippen LogP contribution in [0.2, 0.25) is 0 Å². The lowest BCUT2D eigenvalue weighted by Crippen LogP contribution is -2.08. The second kappa shape index (κ2) is 4.69. The van der Waals surface area contributed by atoms with Crippen molar-refractivity contribution < 1.29 is 0 Å². The van der Waals surface area contributed by atoms with Crippen LogP contribution in [0.1, 0.15) is 6.42 Å². The van der Waals surface area contributed by atoms with Gasteiger partial charge in [-0.15, -0.1) is 23.2 Å². The van der Waals surface area contributed by atoms with E-state index in [9.17, 15) is 0 Å². The van der Waals surface area contributed by atoms with Crippen LogP contribution in [0, 0.1) is 0 Å². The van der Waals surface area contributed by atoms with Crippen molar-refractivity contribution in [1.82, 2.24) is 0 Å². The van der Waals surface area contributed by atoms with E-state index in [1.54, 1.807) is 0 Å². The van der Waals surface area contributed by atoms with Crippen LogP contribution in [0.4, 0.5) is 0 Å². The van der Waals surface area contributed by atoms with Crippen molar-refractivity contribution in [1.29, 1.82) is 0 Å². The molecule has 1 atom stereocenters. The lowest BCUT2D eigenvalue weighted by atomic mass is 10.3. The average molecular weight is 142 g/mol. The van der Waals surface area contributed by atoms with Gasteiger partial charge in [-0.05, 0) is 13.0 Å². The fraction of sp³-hybridized carbons (Fsp3) is 1.00. The third-order valence-electron chi connectivity index (χ3n) is 0.647. The van der Waals surface area contributed by atoms with Crippen LogP contribution in [0.5, 0.6) is 0 Å². The number of alkyl halides is 2. The maximum Gasteiger partial charge on any atom is 0.0483 e. The molecule has 0 saturated carbocycles. The molecule has 0 heterocycles. The van der Waals surface area contributed by atoms with E-state index in [4.69, 9.17) is 28.9 Å². The summed E-state index contributed by atoms with van der Waals surface area (Å²) in [5.41, 5.74) is 5.16. The third kappa shape index (κ3) is 4.39. The second-order valence-corrected chi connectivity index (χ2v) is 2.25. The summed E-state index contributed by atoms with van der Waals surface area (Å²) >= 11 is 10.9. The first-order valence-corrected chi connectivity index (χ1v) is 3.18.